The quantitative estimate of drug-likeness (QED) is 0.670. The lowest BCUT2D eigenvalue weighted by Crippen LogP contribution is -2.39. The van der Waals surface area contributed by atoms with Gasteiger partial charge in [0.1, 0.15) is 17.7 Å². The minimum Gasteiger partial charge on any atom is -0.383 e. The molecule has 1 aromatic rings. The van der Waals surface area contributed by atoms with E-state index in [4.69, 9.17) is 27.9 Å². The summed E-state index contributed by atoms with van der Waals surface area (Å²) >= 11 is 12.0. The van der Waals surface area contributed by atoms with Gasteiger partial charge in [0, 0.05) is 20.7 Å². The van der Waals surface area contributed by atoms with Crippen LogP contribution in [0.2, 0.25) is 10.0 Å². The van der Waals surface area contributed by atoms with Gasteiger partial charge in [-0.05, 0) is 13.0 Å². The van der Waals surface area contributed by atoms with Gasteiger partial charge in [-0.25, -0.2) is 4.98 Å². The van der Waals surface area contributed by atoms with E-state index in [0.717, 1.165) is 0 Å². The number of hydrogen-bond donors (Lipinski definition) is 3. The minimum absolute atomic E-state index is 0.166. The summed E-state index contributed by atoms with van der Waals surface area (Å²) in [6.07, 6.45) is 0. The summed E-state index contributed by atoms with van der Waals surface area (Å²) in [7, 11) is 3.28. The first-order valence-corrected chi connectivity index (χ1v) is 6.82. The van der Waals surface area contributed by atoms with Crippen molar-refractivity contribution in [1.82, 2.24) is 10.3 Å². The molecule has 8 heteroatoms. The third-order valence-electron chi connectivity index (χ3n) is 2.52. The second-order valence-electron chi connectivity index (χ2n) is 4.05. The van der Waals surface area contributed by atoms with Crippen LogP contribution in [0.4, 0.5) is 11.6 Å². The number of pyridine rings is 1. The molecule has 0 aliphatic heterocycles. The van der Waals surface area contributed by atoms with Crippen molar-refractivity contribution in [2.45, 2.75) is 13.0 Å². The normalized spacial score (nSPS) is 11.8. The SMILES string of the molecule is CNc1nc(NC(C)C(=O)NCCOC)c(Cl)cc1Cl. The highest BCUT2D eigenvalue weighted by Gasteiger charge is 2.15. The first kappa shape index (κ1) is 16.8. The van der Waals surface area contributed by atoms with Gasteiger partial charge in [0.15, 0.2) is 0 Å². The minimum atomic E-state index is -0.484. The topological polar surface area (TPSA) is 75.3 Å². The van der Waals surface area contributed by atoms with Gasteiger partial charge in [-0.2, -0.15) is 0 Å². The van der Waals surface area contributed by atoms with Crippen molar-refractivity contribution < 1.29 is 9.53 Å². The predicted molar refractivity (Wildman–Crippen MR) is 81.8 cm³/mol. The molecule has 1 rings (SSSR count). The number of methoxy groups -OCH3 is 1. The van der Waals surface area contributed by atoms with Crippen molar-refractivity contribution in [2.24, 2.45) is 0 Å². The van der Waals surface area contributed by atoms with Gasteiger partial charge >= 0.3 is 0 Å². The average molecular weight is 321 g/mol. The molecule has 1 aromatic heterocycles. The van der Waals surface area contributed by atoms with Gasteiger partial charge in [0.05, 0.1) is 16.7 Å². The van der Waals surface area contributed by atoms with E-state index in [1.807, 2.05) is 0 Å². The van der Waals surface area contributed by atoms with Gasteiger partial charge in [-0.15, -0.1) is 0 Å². The molecule has 6 nitrogen and oxygen atoms in total. The van der Waals surface area contributed by atoms with E-state index in [2.05, 4.69) is 20.9 Å². The number of amides is 1. The Bertz CT molecular complexity index is 471. The smallest absolute Gasteiger partial charge is 0.242 e. The molecule has 0 aliphatic rings. The van der Waals surface area contributed by atoms with Crippen LogP contribution in [0.1, 0.15) is 6.92 Å². The van der Waals surface area contributed by atoms with E-state index in [9.17, 15) is 4.79 Å². The van der Waals surface area contributed by atoms with Crippen LogP contribution in [0.15, 0.2) is 6.07 Å². The van der Waals surface area contributed by atoms with Crippen LogP contribution in [-0.2, 0) is 9.53 Å². The van der Waals surface area contributed by atoms with Gasteiger partial charge in [0.2, 0.25) is 5.91 Å². The highest BCUT2D eigenvalue weighted by Crippen LogP contribution is 2.29. The molecule has 0 fully saturated rings. The van der Waals surface area contributed by atoms with Crippen molar-refractivity contribution in [3.8, 4) is 0 Å². The Labute approximate surface area is 128 Å². The summed E-state index contributed by atoms with van der Waals surface area (Å²) in [4.78, 5) is 16.0. The summed E-state index contributed by atoms with van der Waals surface area (Å²) in [6.45, 7) is 2.63. The van der Waals surface area contributed by atoms with Crippen LogP contribution in [0.5, 0.6) is 0 Å². The molecule has 20 heavy (non-hydrogen) atoms. The largest absolute Gasteiger partial charge is 0.383 e. The molecule has 1 heterocycles. The van der Waals surface area contributed by atoms with Gasteiger partial charge in [-0.1, -0.05) is 23.2 Å². The monoisotopic (exact) mass is 320 g/mol. The number of hydrogen-bond acceptors (Lipinski definition) is 5. The Morgan fingerprint density at radius 2 is 2.05 bits per heavy atom. The summed E-state index contributed by atoms with van der Waals surface area (Å²) in [5.74, 6) is 0.723. The number of ether oxygens (including phenoxy) is 1. The van der Waals surface area contributed by atoms with E-state index < -0.39 is 6.04 Å². The number of aromatic nitrogens is 1. The van der Waals surface area contributed by atoms with E-state index in [-0.39, 0.29) is 5.91 Å². The van der Waals surface area contributed by atoms with Crippen LogP contribution in [0.25, 0.3) is 0 Å². The van der Waals surface area contributed by atoms with Crippen molar-refractivity contribution in [3.05, 3.63) is 16.1 Å². The van der Waals surface area contributed by atoms with Crippen molar-refractivity contribution in [1.29, 1.82) is 0 Å². The Morgan fingerprint density at radius 3 is 2.65 bits per heavy atom. The molecule has 112 valence electrons. The first-order valence-electron chi connectivity index (χ1n) is 6.06. The standard InChI is InChI=1S/C12H18Cl2N4O2/c1-7(12(19)16-4-5-20-3)17-11-9(14)6-8(13)10(15-2)18-11/h6-7H,4-5H2,1-3H3,(H,16,19)(H2,15,17,18). The first-order chi connectivity index (χ1) is 9.49. The fourth-order valence-electron chi connectivity index (χ4n) is 1.44. The summed E-state index contributed by atoms with van der Waals surface area (Å²) < 4.78 is 4.86. The molecule has 0 aliphatic carbocycles. The fourth-order valence-corrected chi connectivity index (χ4v) is 1.95. The molecule has 1 amide bonds. The van der Waals surface area contributed by atoms with E-state index in [0.29, 0.717) is 34.8 Å². The zero-order chi connectivity index (χ0) is 15.1. The maximum absolute atomic E-state index is 11.8. The highest BCUT2D eigenvalue weighted by molar-refractivity contribution is 6.37. The number of nitrogens with one attached hydrogen (secondary N) is 3. The molecule has 0 spiro atoms. The maximum Gasteiger partial charge on any atom is 0.242 e. The van der Waals surface area contributed by atoms with E-state index in [1.54, 1.807) is 27.1 Å². The molecular formula is C12H18Cl2N4O2. The Morgan fingerprint density at radius 1 is 1.40 bits per heavy atom. The molecule has 0 bridgehead atoms. The molecule has 1 unspecified atom stereocenters. The Balaban J connectivity index is 2.70. The van der Waals surface area contributed by atoms with Crippen LogP contribution in [0.3, 0.4) is 0 Å². The average Bonchev–Trinajstić information content (AvgIpc) is 2.41. The molecule has 1 atom stereocenters. The Kier molecular flexibility index (Phi) is 6.84. The number of carbonyl (C=O) groups excluding carboxylic acids is 1. The molecule has 3 N–H and O–H groups in total. The lowest BCUT2D eigenvalue weighted by molar-refractivity contribution is -0.121. The number of rotatable bonds is 7. The predicted octanol–water partition coefficient (Wildman–Crippen LogP) is 1.99. The third-order valence-corrected chi connectivity index (χ3v) is 3.09. The van der Waals surface area contributed by atoms with Crippen molar-refractivity contribution >= 4 is 40.7 Å². The summed E-state index contributed by atoms with van der Waals surface area (Å²) in [5, 5.41) is 9.29. The van der Waals surface area contributed by atoms with Gasteiger partial charge in [0.25, 0.3) is 0 Å². The number of nitrogens with zero attached hydrogens (tertiary/aromatic N) is 1. The second kappa shape index (κ2) is 8.14. The number of halogens is 2. The van der Waals surface area contributed by atoms with E-state index >= 15 is 0 Å². The second-order valence-corrected chi connectivity index (χ2v) is 4.86. The zero-order valence-corrected chi connectivity index (χ0v) is 13.1. The molecule has 0 saturated heterocycles. The lowest BCUT2D eigenvalue weighted by Gasteiger charge is -2.16. The highest BCUT2D eigenvalue weighted by atomic mass is 35.5. The molecule has 0 saturated carbocycles. The number of carbonyl (C=O) groups is 1. The van der Waals surface area contributed by atoms with Crippen molar-refractivity contribution in [3.63, 3.8) is 0 Å². The summed E-state index contributed by atoms with van der Waals surface area (Å²) in [6, 6.07) is 1.09. The van der Waals surface area contributed by atoms with Crippen LogP contribution in [-0.4, -0.2) is 44.2 Å². The van der Waals surface area contributed by atoms with Gasteiger partial charge in [-0.3, -0.25) is 4.79 Å². The third kappa shape index (κ3) is 4.70. The van der Waals surface area contributed by atoms with Gasteiger partial charge < -0.3 is 20.7 Å². The molecule has 0 radical (unpaired) electrons. The van der Waals surface area contributed by atoms with Crippen LogP contribution in [0, 0.1) is 0 Å². The Hall–Kier alpha value is -1.24. The maximum atomic E-state index is 11.8. The molecular weight excluding hydrogens is 303 g/mol. The number of anilines is 2. The lowest BCUT2D eigenvalue weighted by atomic mass is 10.3. The van der Waals surface area contributed by atoms with Crippen LogP contribution >= 0.6 is 23.2 Å². The summed E-state index contributed by atoms with van der Waals surface area (Å²) in [5.41, 5.74) is 0. The zero-order valence-electron chi connectivity index (χ0n) is 11.6. The fraction of sp³-hybridized carbons (Fsp3) is 0.500. The van der Waals surface area contributed by atoms with Crippen molar-refractivity contribution in [2.75, 3.05) is 37.9 Å². The molecule has 0 aromatic carbocycles. The van der Waals surface area contributed by atoms with E-state index in [1.165, 1.54) is 0 Å². The van der Waals surface area contributed by atoms with Crippen LogP contribution < -0.4 is 16.0 Å².